The first-order chi connectivity index (χ1) is 9.24. The minimum Gasteiger partial charge on any atom is -0.485 e. The van der Waals surface area contributed by atoms with Crippen LogP contribution in [0.1, 0.15) is 5.01 Å². The van der Waals surface area contributed by atoms with Gasteiger partial charge < -0.3 is 10.5 Å². The van der Waals surface area contributed by atoms with Gasteiger partial charge in [-0.15, -0.1) is 10.2 Å². The summed E-state index contributed by atoms with van der Waals surface area (Å²) >= 11 is 4.91. The molecule has 1 aromatic heterocycles. The lowest BCUT2D eigenvalue weighted by molar-refractivity contribution is 0.303. The predicted molar refractivity (Wildman–Crippen MR) is 80.3 cm³/mol. The number of nitrogen functional groups attached to an aromatic ring is 1. The number of nitrogens with two attached hydrogens (primary N) is 1. The van der Waals surface area contributed by atoms with Gasteiger partial charge in [0.1, 0.15) is 12.4 Å². The van der Waals surface area contributed by atoms with Crippen molar-refractivity contribution in [2.45, 2.75) is 6.61 Å². The Bertz CT molecular complexity index is 729. The van der Waals surface area contributed by atoms with Gasteiger partial charge in [-0.3, -0.25) is 0 Å². The highest BCUT2D eigenvalue weighted by atomic mass is 79.9. The molecule has 0 unspecified atom stereocenters. The SMILES string of the molecule is Nc1nnc(COc2ccc3ccccc3c2Br)s1. The van der Waals surface area contributed by atoms with Crippen molar-refractivity contribution in [3.8, 4) is 5.75 Å². The molecule has 0 spiro atoms. The average molecular weight is 336 g/mol. The summed E-state index contributed by atoms with van der Waals surface area (Å²) in [6.45, 7) is 0.367. The van der Waals surface area contributed by atoms with E-state index in [0.29, 0.717) is 11.7 Å². The first-order valence-corrected chi connectivity index (χ1v) is 7.23. The van der Waals surface area contributed by atoms with Crippen molar-refractivity contribution < 1.29 is 4.74 Å². The third-order valence-electron chi connectivity index (χ3n) is 2.66. The average Bonchev–Trinajstić information content (AvgIpc) is 2.84. The van der Waals surface area contributed by atoms with E-state index in [0.717, 1.165) is 20.6 Å². The molecule has 19 heavy (non-hydrogen) atoms. The quantitative estimate of drug-likeness (QED) is 0.794. The highest BCUT2D eigenvalue weighted by Crippen LogP contribution is 2.33. The van der Waals surface area contributed by atoms with E-state index in [-0.39, 0.29) is 0 Å². The summed E-state index contributed by atoms with van der Waals surface area (Å²) in [7, 11) is 0. The summed E-state index contributed by atoms with van der Waals surface area (Å²) in [4.78, 5) is 0. The fraction of sp³-hybridized carbons (Fsp3) is 0.0769. The summed E-state index contributed by atoms with van der Waals surface area (Å²) in [5, 5.41) is 11.2. The third-order valence-corrected chi connectivity index (χ3v) is 4.21. The molecule has 0 aliphatic rings. The van der Waals surface area contributed by atoms with Crippen LogP contribution in [-0.2, 0) is 6.61 Å². The molecular formula is C13H10BrN3OS. The number of halogens is 1. The van der Waals surface area contributed by atoms with Crippen LogP contribution in [0.15, 0.2) is 40.9 Å². The first kappa shape index (κ1) is 12.4. The molecule has 2 N–H and O–H groups in total. The second kappa shape index (κ2) is 5.14. The minimum absolute atomic E-state index is 0.367. The lowest BCUT2D eigenvalue weighted by Crippen LogP contribution is -1.95. The Morgan fingerprint density at radius 2 is 2.00 bits per heavy atom. The standard InChI is InChI=1S/C13H10BrN3OS/c14-12-9-4-2-1-3-8(9)5-6-10(12)18-7-11-16-17-13(15)19-11/h1-6H,7H2,(H2,15,17). The predicted octanol–water partition coefficient (Wildman–Crippen LogP) is 3.62. The van der Waals surface area contributed by atoms with Crippen molar-refractivity contribution in [1.29, 1.82) is 0 Å². The molecule has 0 radical (unpaired) electrons. The number of nitrogens with zero attached hydrogens (tertiary/aromatic N) is 2. The number of fused-ring (bicyclic) bond motifs is 1. The van der Waals surface area contributed by atoms with Crippen LogP contribution in [-0.4, -0.2) is 10.2 Å². The Morgan fingerprint density at radius 1 is 1.16 bits per heavy atom. The van der Waals surface area contributed by atoms with Gasteiger partial charge in [-0.25, -0.2) is 0 Å². The first-order valence-electron chi connectivity index (χ1n) is 5.62. The summed E-state index contributed by atoms with van der Waals surface area (Å²) in [6, 6.07) is 12.1. The molecule has 0 amide bonds. The van der Waals surface area contributed by atoms with E-state index in [2.05, 4.69) is 38.3 Å². The van der Waals surface area contributed by atoms with Crippen LogP contribution < -0.4 is 10.5 Å². The molecule has 3 aromatic rings. The van der Waals surface area contributed by atoms with Crippen molar-refractivity contribution in [3.63, 3.8) is 0 Å². The van der Waals surface area contributed by atoms with Crippen molar-refractivity contribution >= 4 is 43.2 Å². The van der Waals surface area contributed by atoms with Gasteiger partial charge in [-0.05, 0) is 32.8 Å². The number of anilines is 1. The molecule has 6 heteroatoms. The highest BCUT2D eigenvalue weighted by Gasteiger charge is 2.07. The van der Waals surface area contributed by atoms with E-state index in [1.165, 1.54) is 16.7 Å². The number of aromatic nitrogens is 2. The van der Waals surface area contributed by atoms with Gasteiger partial charge in [0.2, 0.25) is 5.13 Å². The van der Waals surface area contributed by atoms with Gasteiger partial charge in [0, 0.05) is 0 Å². The molecule has 0 aliphatic carbocycles. The van der Waals surface area contributed by atoms with Gasteiger partial charge in [0.05, 0.1) is 4.47 Å². The Balaban J connectivity index is 1.87. The monoisotopic (exact) mass is 335 g/mol. The fourth-order valence-corrected chi connectivity index (χ4v) is 2.92. The number of benzene rings is 2. The van der Waals surface area contributed by atoms with Gasteiger partial charge in [0.15, 0.2) is 5.01 Å². The number of hydrogen-bond donors (Lipinski definition) is 1. The zero-order valence-corrected chi connectivity index (χ0v) is 12.2. The van der Waals surface area contributed by atoms with Crippen molar-refractivity contribution in [1.82, 2.24) is 10.2 Å². The largest absolute Gasteiger partial charge is 0.485 e. The van der Waals surface area contributed by atoms with E-state index in [1.54, 1.807) is 0 Å². The fourth-order valence-electron chi connectivity index (χ4n) is 1.79. The van der Waals surface area contributed by atoms with Crippen LogP contribution in [0.2, 0.25) is 0 Å². The van der Waals surface area contributed by atoms with Crippen LogP contribution in [0.4, 0.5) is 5.13 Å². The number of rotatable bonds is 3. The topological polar surface area (TPSA) is 61.0 Å². The van der Waals surface area contributed by atoms with E-state index in [1.807, 2.05) is 24.3 Å². The van der Waals surface area contributed by atoms with Crippen molar-refractivity contribution in [2.75, 3.05) is 5.73 Å². The molecular weight excluding hydrogens is 326 g/mol. The van der Waals surface area contributed by atoms with Gasteiger partial charge in [0.25, 0.3) is 0 Å². The highest BCUT2D eigenvalue weighted by molar-refractivity contribution is 9.10. The maximum atomic E-state index is 5.75. The normalized spacial score (nSPS) is 10.8. The van der Waals surface area contributed by atoms with Gasteiger partial charge in [-0.2, -0.15) is 0 Å². The van der Waals surface area contributed by atoms with Gasteiger partial charge >= 0.3 is 0 Å². The van der Waals surface area contributed by atoms with Crippen molar-refractivity contribution in [2.24, 2.45) is 0 Å². The summed E-state index contributed by atoms with van der Waals surface area (Å²) < 4.78 is 6.70. The van der Waals surface area contributed by atoms with Crippen molar-refractivity contribution in [3.05, 3.63) is 45.9 Å². The second-order valence-electron chi connectivity index (χ2n) is 3.92. The summed E-state index contributed by atoms with van der Waals surface area (Å²) in [5.74, 6) is 0.785. The number of hydrogen-bond acceptors (Lipinski definition) is 5. The van der Waals surface area contributed by atoms with Crippen LogP contribution in [0, 0.1) is 0 Å². The van der Waals surface area contributed by atoms with E-state index in [9.17, 15) is 0 Å². The molecule has 0 saturated carbocycles. The molecule has 4 nitrogen and oxygen atoms in total. The molecule has 2 aromatic carbocycles. The zero-order chi connectivity index (χ0) is 13.2. The molecule has 96 valence electrons. The Kier molecular flexibility index (Phi) is 3.35. The maximum absolute atomic E-state index is 5.75. The number of ether oxygens (including phenoxy) is 1. The smallest absolute Gasteiger partial charge is 0.203 e. The lowest BCUT2D eigenvalue weighted by Gasteiger charge is -2.08. The molecule has 0 bridgehead atoms. The summed E-state index contributed by atoms with van der Waals surface area (Å²) in [5.41, 5.74) is 5.53. The zero-order valence-electron chi connectivity index (χ0n) is 9.84. The maximum Gasteiger partial charge on any atom is 0.203 e. The van der Waals surface area contributed by atoms with Crippen LogP contribution in [0.25, 0.3) is 10.8 Å². The van der Waals surface area contributed by atoms with Crippen LogP contribution in [0.5, 0.6) is 5.75 Å². The van der Waals surface area contributed by atoms with E-state index < -0.39 is 0 Å². The van der Waals surface area contributed by atoms with Gasteiger partial charge in [-0.1, -0.05) is 41.7 Å². The molecule has 0 aliphatic heterocycles. The third kappa shape index (κ3) is 2.54. The molecule has 0 saturated heterocycles. The second-order valence-corrected chi connectivity index (χ2v) is 5.81. The van der Waals surface area contributed by atoms with E-state index in [4.69, 9.17) is 10.5 Å². The Labute approximate surface area is 122 Å². The molecule has 0 fully saturated rings. The molecule has 1 heterocycles. The van der Waals surface area contributed by atoms with E-state index >= 15 is 0 Å². The Hall–Kier alpha value is -1.66. The Morgan fingerprint density at radius 3 is 2.79 bits per heavy atom. The molecule has 0 atom stereocenters. The minimum atomic E-state index is 0.367. The van der Waals surface area contributed by atoms with Crippen LogP contribution >= 0.6 is 27.3 Å². The van der Waals surface area contributed by atoms with Crippen LogP contribution in [0.3, 0.4) is 0 Å². The molecule has 3 rings (SSSR count). The lowest BCUT2D eigenvalue weighted by atomic mass is 10.1. The summed E-state index contributed by atoms with van der Waals surface area (Å²) in [6.07, 6.45) is 0.